The predicted octanol–water partition coefficient (Wildman–Crippen LogP) is 3.82. The minimum atomic E-state index is -0.661. The monoisotopic (exact) mass is 572 g/mol. The molecule has 0 spiro atoms. The van der Waals surface area contributed by atoms with E-state index in [4.69, 9.17) is 10.5 Å². The van der Waals surface area contributed by atoms with E-state index < -0.39 is 11.5 Å². The summed E-state index contributed by atoms with van der Waals surface area (Å²) in [6, 6.07) is 9.50. The molecule has 1 fully saturated rings. The fourth-order valence-corrected chi connectivity index (χ4v) is 5.44. The number of primary amides is 1. The Morgan fingerprint density at radius 2 is 1.81 bits per heavy atom. The van der Waals surface area contributed by atoms with Crippen LogP contribution in [0.2, 0.25) is 0 Å². The summed E-state index contributed by atoms with van der Waals surface area (Å²) < 4.78 is 7.25. The molecule has 2 aliphatic rings. The second-order valence-electron chi connectivity index (χ2n) is 12.0. The van der Waals surface area contributed by atoms with E-state index in [0.717, 1.165) is 27.6 Å². The van der Waals surface area contributed by atoms with E-state index in [-0.39, 0.29) is 42.5 Å². The number of amides is 4. The van der Waals surface area contributed by atoms with Crippen molar-refractivity contribution in [2.45, 2.75) is 45.8 Å². The van der Waals surface area contributed by atoms with Gasteiger partial charge in [0, 0.05) is 54.8 Å². The Balaban J connectivity index is 1.41. The number of aromatic nitrogens is 2. The third-order valence-electron chi connectivity index (χ3n) is 7.69. The minimum Gasteiger partial charge on any atom is -0.444 e. The lowest BCUT2D eigenvalue weighted by Crippen LogP contribution is -2.43. The number of likely N-dealkylation sites (tertiary alicyclic amines) is 1. The second kappa shape index (κ2) is 11.0. The van der Waals surface area contributed by atoms with Crippen LogP contribution in [0.5, 0.6) is 0 Å². The Morgan fingerprint density at radius 3 is 2.48 bits per heavy atom. The van der Waals surface area contributed by atoms with Gasteiger partial charge < -0.3 is 25.6 Å². The average Bonchev–Trinajstić information content (AvgIpc) is 3.46. The van der Waals surface area contributed by atoms with Gasteiger partial charge >= 0.3 is 6.09 Å². The third-order valence-corrected chi connectivity index (χ3v) is 7.69. The summed E-state index contributed by atoms with van der Waals surface area (Å²) in [5, 5.41) is 8.33. The smallest absolute Gasteiger partial charge is 0.410 e. The number of benzene rings is 2. The fraction of sp³-hybridized carbons (Fsp3) is 0.387. The van der Waals surface area contributed by atoms with Gasteiger partial charge in [0.05, 0.1) is 18.3 Å². The zero-order valence-corrected chi connectivity index (χ0v) is 24.4. The molecule has 1 aromatic heterocycles. The number of carbonyl (C=O) groups excluding carboxylic acids is 4. The molecule has 0 atom stereocenters. The molecule has 0 aliphatic carbocycles. The Kier molecular flexibility index (Phi) is 7.53. The maximum Gasteiger partial charge on any atom is 0.410 e. The van der Waals surface area contributed by atoms with E-state index in [1.807, 2.05) is 52.1 Å². The van der Waals surface area contributed by atoms with Crippen LogP contribution in [-0.2, 0) is 27.9 Å². The summed E-state index contributed by atoms with van der Waals surface area (Å²) >= 11 is 0. The van der Waals surface area contributed by atoms with Gasteiger partial charge in [-0.2, -0.15) is 5.10 Å². The molecule has 5 rings (SSSR count). The summed E-state index contributed by atoms with van der Waals surface area (Å²) in [6.07, 6.45) is 2.41. The van der Waals surface area contributed by atoms with Gasteiger partial charge in [0.15, 0.2) is 0 Å². The molecule has 2 aromatic carbocycles. The number of nitrogens with zero attached hydrogens (tertiary/aromatic N) is 4. The molecule has 3 N–H and O–H groups in total. The first-order valence-corrected chi connectivity index (χ1v) is 14.0. The zero-order valence-electron chi connectivity index (χ0n) is 24.4. The van der Waals surface area contributed by atoms with Crippen LogP contribution in [0.3, 0.4) is 0 Å². The first kappa shape index (κ1) is 28.8. The van der Waals surface area contributed by atoms with Crippen molar-refractivity contribution in [1.29, 1.82) is 0 Å². The van der Waals surface area contributed by atoms with Crippen molar-refractivity contribution >= 4 is 40.4 Å². The van der Waals surface area contributed by atoms with E-state index in [0.29, 0.717) is 37.2 Å². The van der Waals surface area contributed by atoms with Crippen LogP contribution in [0.15, 0.2) is 48.7 Å². The first-order chi connectivity index (χ1) is 19.8. The van der Waals surface area contributed by atoms with Crippen molar-refractivity contribution in [3.63, 3.8) is 0 Å². The van der Waals surface area contributed by atoms with Gasteiger partial charge in [-0.25, -0.2) is 4.79 Å². The summed E-state index contributed by atoms with van der Waals surface area (Å²) in [4.78, 5) is 54.0. The van der Waals surface area contributed by atoms with E-state index in [1.165, 1.54) is 4.90 Å². The number of fused-ring (bicyclic) bond motifs is 2. The first-order valence-electron chi connectivity index (χ1n) is 14.0. The molecular weight excluding hydrogens is 536 g/mol. The lowest BCUT2D eigenvalue weighted by molar-refractivity contribution is -0.121. The molecular formula is C31H36N6O5. The van der Waals surface area contributed by atoms with Crippen molar-refractivity contribution in [2.75, 3.05) is 25.0 Å². The molecule has 3 aromatic rings. The number of ether oxygens (including phenoxy) is 1. The number of carbonyl (C=O) groups is 4. The van der Waals surface area contributed by atoms with Gasteiger partial charge in [-0.3, -0.25) is 19.1 Å². The molecule has 42 heavy (non-hydrogen) atoms. The molecule has 0 bridgehead atoms. The van der Waals surface area contributed by atoms with Crippen molar-refractivity contribution in [3.8, 4) is 11.1 Å². The molecule has 2 aliphatic heterocycles. The number of nitrogens with two attached hydrogens (primary N) is 1. The van der Waals surface area contributed by atoms with Gasteiger partial charge in [0.25, 0.3) is 5.91 Å². The normalized spacial score (nSPS) is 15.6. The molecule has 11 nitrogen and oxygen atoms in total. The minimum absolute atomic E-state index is 0.0148. The predicted molar refractivity (Wildman–Crippen MR) is 158 cm³/mol. The number of piperidine rings is 1. The molecule has 3 heterocycles. The lowest BCUT2D eigenvalue weighted by Gasteiger charge is -2.33. The second-order valence-corrected chi connectivity index (χ2v) is 12.0. The summed E-state index contributed by atoms with van der Waals surface area (Å²) in [6.45, 7) is 10.3. The number of hydrogen-bond acceptors (Lipinski definition) is 6. The highest BCUT2D eigenvalue weighted by Gasteiger charge is 2.33. The van der Waals surface area contributed by atoms with Crippen molar-refractivity contribution in [2.24, 2.45) is 18.7 Å². The van der Waals surface area contributed by atoms with Gasteiger partial charge in [-0.15, -0.1) is 0 Å². The molecule has 4 amide bonds. The van der Waals surface area contributed by atoms with Crippen LogP contribution in [0, 0.1) is 5.92 Å². The lowest BCUT2D eigenvalue weighted by atomic mass is 9.94. The van der Waals surface area contributed by atoms with Crippen LogP contribution in [-0.4, -0.2) is 68.6 Å². The van der Waals surface area contributed by atoms with Gasteiger partial charge in [-0.1, -0.05) is 18.7 Å². The zero-order chi connectivity index (χ0) is 30.3. The van der Waals surface area contributed by atoms with Crippen LogP contribution < -0.4 is 11.1 Å². The number of rotatable bonds is 6. The Morgan fingerprint density at radius 1 is 1.12 bits per heavy atom. The van der Waals surface area contributed by atoms with Crippen molar-refractivity contribution in [3.05, 3.63) is 59.8 Å². The molecule has 11 heteroatoms. The third kappa shape index (κ3) is 5.86. The van der Waals surface area contributed by atoms with Crippen molar-refractivity contribution in [1.82, 2.24) is 19.6 Å². The highest BCUT2D eigenvalue weighted by molar-refractivity contribution is 6.04. The van der Waals surface area contributed by atoms with E-state index in [9.17, 15) is 19.2 Å². The number of aryl methyl sites for hydroxylation is 1. The summed E-state index contributed by atoms with van der Waals surface area (Å²) in [5.74, 6) is -1.39. The molecule has 0 radical (unpaired) electrons. The molecule has 220 valence electrons. The number of nitrogens with one attached hydrogen (secondary N) is 1. The standard InChI is InChI=1S/C31H36N6O5/c1-18(27(32)38)16-37-17-25-23(20-6-7-21-15-33-35(5)26(21)12-20)13-22(14-24(25)29(37)40)34-28(39)19-8-10-36(11-9-19)30(41)42-31(2,3)4/h6-7,12-15,19H,1,8-11,16-17H2,2-5H3,(H2,32,38)(H,34,39). The highest BCUT2D eigenvalue weighted by atomic mass is 16.6. The fourth-order valence-electron chi connectivity index (χ4n) is 5.44. The van der Waals surface area contributed by atoms with Gasteiger partial charge in [0.2, 0.25) is 11.8 Å². The maximum absolute atomic E-state index is 13.5. The summed E-state index contributed by atoms with van der Waals surface area (Å²) in [5.41, 5.74) is 9.27. The Labute approximate surface area is 244 Å². The van der Waals surface area contributed by atoms with Crippen LogP contribution >= 0.6 is 0 Å². The van der Waals surface area contributed by atoms with Crippen LogP contribution in [0.25, 0.3) is 22.0 Å². The quantitative estimate of drug-likeness (QED) is 0.431. The van der Waals surface area contributed by atoms with Crippen molar-refractivity contribution < 1.29 is 23.9 Å². The van der Waals surface area contributed by atoms with Crippen LogP contribution in [0.1, 0.15) is 49.5 Å². The molecule has 0 saturated carbocycles. The topological polar surface area (TPSA) is 140 Å². The van der Waals surface area contributed by atoms with E-state index in [1.54, 1.807) is 21.8 Å². The Bertz CT molecular complexity index is 1610. The van der Waals surface area contributed by atoms with Crippen LogP contribution in [0.4, 0.5) is 10.5 Å². The van der Waals surface area contributed by atoms with Gasteiger partial charge in [-0.05, 0) is 68.5 Å². The van der Waals surface area contributed by atoms with Gasteiger partial charge in [0.1, 0.15) is 5.60 Å². The number of anilines is 1. The van der Waals surface area contributed by atoms with E-state index in [2.05, 4.69) is 17.0 Å². The maximum atomic E-state index is 13.5. The highest BCUT2D eigenvalue weighted by Crippen LogP contribution is 2.37. The van der Waals surface area contributed by atoms with E-state index >= 15 is 0 Å². The average molecular weight is 573 g/mol. The molecule has 1 saturated heterocycles. The summed E-state index contributed by atoms with van der Waals surface area (Å²) in [7, 11) is 1.86. The molecule has 0 unspecified atom stereocenters. The Hall–Kier alpha value is -4.67. The largest absolute Gasteiger partial charge is 0.444 e. The number of hydrogen-bond donors (Lipinski definition) is 2. The SMILES string of the molecule is C=C(CN1Cc2c(cc(NC(=O)C3CCN(C(=O)OC(C)(C)C)CC3)cc2-c2ccc3cnn(C)c3c2)C1=O)C(N)=O.